The summed E-state index contributed by atoms with van der Waals surface area (Å²) in [5.74, 6) is 0.449. The van der Waals surface area contributed by atoms with Crippen LogP contribution in [-0.2, 0) is 9.53 Å². The van der Waals surface area contributed by atoms with Crippen LogP contribution in [-0.4, -0.2) is 26.2 Å². The van der Waals surface area contributed by atoms with E-state index in [-0.39, 0.29) is 0 Å². The fourth-order valence-corrected chi connectivity index (χ4v) is 1.03. The Morgan fingerprint density at radius 2 is 1.92 bits per heavy atom. The van der Waals surface area contributed by atoms with Crippen LogP contribution < -0.4 is 5.32 Å². The third-order valence-electron chi connectivity index (χ3n) is 1.70. The normalized spacial score (nSPS) is 15.9. The van der Waals surface area contributed by atoms with Crippen LogP contribution in [0.15, 0.2) is 0 Å². The van der Waals surface area contributed by atoms with Gasteiger partial charge in [0.25, 0.3) is 6.47 Å². The van der Waals surface area contributed by atoms with Crippen molar-refractivity contribution in [2.75, 3.05) is 19.7 Å². The Morgan fingerprint density at radius 3 is 2.08 bits per heavy atom. The first-order valence-corrected chi connectivity index (χ1v) is 5.03. The largest absolute Gasteiger partial charge is 0.468 e. The predicted octanol–water partition coefficient (Wildman–Crippen LogP) is 1.58. The molecule has 1 saturated heterocycles. The van der Waals surface area contributed by atoms with E-state index in [2.05, 4.69) is 10.1 Å². The van der Waals surface area contributed by atoms with Crippen molar-refractivity contribution in [2.45, 2.75) is 33.1 Å². The lowest BCUT2D eigenvalue weighted by Crippen LogP contribution is -2.21. The summed E-state index contributed by atoms with van der Waals surface area (Å²) >= 11 is 0. The van der Waals surface area contributed by atoms with E-state index in [1.165, 1.54) is 32.4 Å². The van der Waals surface area contributed by atoms with E-state index in [1.54, 1.807) is 0 Å². The lowest BCUT2D eigenvalue weighted by atomic mass is 10.2. The van der Waals surface area contributed by atoms with Crippen LogP contribution in [0.2, 0.25) is 0 Å². The summed E-state index contributed by atoms with van der Waals surface area (Å²) in [6.45, 7) is 7.48. The molecule has 3 heteroatoms. The van der Waals surface area contributed by atoms with Gasteiger partial charge in [0.05, 0.1) is 6.61 Å². The van der Waals surface area contributed by atoms with Crippen LogP contribution in [0.3, 0.4) is 0 Å². The van der Waals surface area contributed by atoms with Crippen molar-refractivity contribution in [1.82, 2.24) is 5.32 Å². The highest BCUT2D eigenvalue weighted by atomic mass is 16.5. The summed E-state index contributed by atoms with van der Waals surface area (Å²) in [4.78, 5) is 9.49. The molecule has 0 aromatic carbocycles. The van der Waals surface area contributed by atoms with Gasteiger partial charge < -0.3 is 10.1 Å². The highest BCUT2D eigenvalue weighted by molar-refractivity contribution is 5.36. The molecule has 1 heterocycles. The van der Waals surface area contributed by atoms with Gasteiger partial charge in [-0.25, -0.2) is 0 Å². The first-order chi connectivity index (χ1) is 6.27. The van der Waals surface area contributed by atoms with Gasteiger partial charge in [0.15, 0.2) is 0 Å². The van der Waals surface area contributed by atoms with E-state index in [0.29, 0.717) is 19.0 Å². The smallest absolute Gasteiger partial charge is 0.293 e. The first kappa shape index (κ1) is 12.4. The SMILES string of the molecule is C1CCNCC1.CC(C)COC=O. The molecule has 0 bridgehead atoms. The number of piperidine rings is 1. The van der Waals surface area contributed by atoms with Crippen LogP contribution in [0.25, 0.3) is 0 Å². The van der Waals surface area contributed by atoms with Crippen molar-refractivity contribution < 1.29 is 9.53 Å². The van der Waals surface area contributed by atoms with Gasteiger partial charge in [-0.05, 0) is 31.8 Å². The van der Waals surface area contributed by atoms with Gasteiger partial charge in [0, 0.05) is 0 Å². The van der Waals surface area contributed by atoms with E-state index in [4.69, 9.17) is 0 Å². The summed E-state index contributed by atoms with van der Waals surface area (Å²) in [5, 5.41) is 3.28. The molecule has 1 rings (SSSR count). The Labute approximate surface area is 80.8 Å². The Bertz CT molecular complexity index is 100.0. The quantitative estimate of drug-likeness (QED) is 0.682. The molecule has 0 aromatic heterocycles. The topological polar surface area (TPSA) is 38.3 Å². The van der Waals surface area contributed by atoms with Crippen molar-refractivity contribution in [2.24, 2.45) is 5.92 Å². The van der Waals surface area contributed by atoms with Crippen LogP contribution >= 0.6 is 0 Å². The molecule has 78 valence electrons. The molecule has 0 spiro atoms. The molecular weight excluding hydrogens is 166 g/mol. The highest BCUT2D eigenvalue weighted by Crippen LogP contribution is 1.96. The highest BCUT2D eigenvalue weighted by Gasteiger charge is 1.93. The van der Waals surface area contributed by atoms with E-state index < -0.39 is 0 Å². The third kappa shape index (κ3) is 11.4. The molecule has 1 aliphatic rings. The summed E-state index contributed by atoms with van der Waals surface area (Å²) < 4.78 is 4.41. The van der Waals surface area contributed by atoms with Crippen molar-refractivity contribution in [1.29, 1.82) is 0 Å². The van der Waals surface area contributed by atoms with E-state index >= 15 is 0 Å². The standard InChI is InChI=1S/C5H11N.C5H10O2/c1-2-4-6-5-3-1;1-5(2)3-7-4-6/h6H,1-5H2;4-5H,3H2,1-2H3. The van der Waals surface area contributed by atoms with Gasteiger partial charge in [-0.3, -0.25) is 4.79 Å². The van der Waals surface area contributed by atoms with E-state index in [1.807, 2.05) is 13.8 Å². The third-order valence-corrected chi connectivity index (χ3v) is 1.70. The maximum absolute atomic E-state index is 9.49. The minimum atomic E-state index is 0.449. The van der Waals surface area contributed by atoms with Crippen LogP contribution in [0, 0.1) is 5.92 Å². The molecule has 0 saturated carbocycles. The number of carbonyl (C=O) groups excluding carboxylic acids is 1. The monoisotopic (exact) mass is 187 g/mol. The summed E-state index contributed by atoms with van der Waals surface area (Å²) in [6.07, 6.45) is 4.22. The summed E-state index contributed by atoms with van der Waals surface area (Å²) in [6, 6.07) is 0. The zero-order valence-electron chi connectivity index (χ0n) is 8.71. The number of nitrogens with one attached hydrogen (secondary N) is 1. The second-order valence-corrected chi connectivity index (χ2v) is 3.63. The van der Waals surface area contributed by atoms with Gasteiger partial charge in [-0.2, -0.15) is 0 Å². The lowest BCUT2D eigenvalue weighted by molar-refractivity contribution is -0.129. The Balaban J connectivity index is 0.000000223. The number of hydrogen-bond donors (Lipinski definition) is 1. The lowest BCUT2D eigenvalue weighted by Gasteiger charge is -2.08. The average Bonchev–Trinajstić information content (AvgIpc) is 2.18. The van der Waals surface area contributed by atoms with E-state index in [0.717, 1.165) is 0 Å². The first-order valence-electron chi connectivity index (χ1n) is 5.03. The zero-order valence-corrected chi connectivity index (χ0v) is 8.71. The maximum atomic E-state index is 9.49. The van der Waals surface area contributed by atoms with Crippen molar-refractivity contribution in [3.05, 3.63) is 0 Å². The molecule has 0 unspecified atom stereocenters. The van der Waals surface area contributed by atoms with Gasteiger partial charge >= 0.3 is 0 Å². The molecule has 0 amide bonds. The van der Waals surface area contributed by atoms with Crippen LogP contribution in [0.1, 0.15) is 33.1 Å². The molecule has 3 nitrogen and oxygen atoms in total. The van der Waals surface area contributed by atoms with Gasteiger partial charge in [-0.1, -0.05) is 20.3 Å². The van der Waals surface area contributed by atoms with Crippen LogP contribution in [0.5, 0.6) is 0 Å². The second kappa shape index (κ2) is 9.52. The molecule has 0 aromatic rings. The number of hydrogen-bond acceptors (Lipinski definition) is 3. The summed E-state index contributed by atoms with van der Waals surface area (Å²) in [7, 11) is 0. The molecule has 1 aliphatic heterocycles. The summed E-state index contributed by atoms with van der Waals surface area (Å²) in [5.41, 5.74) is 0. The Hall–Kier alpha value is -0.570. The molecule has 1 N–H and O–H groups in total. The van der Waals surface area contributed by atoms with Gasteiger partial charge in [-0.15, -0.1) is 0 Å². The van der Waals surface area contributed by atoms with Crippen molar-refractivity contribution in [3.8, 4) is 0 Å². The van der Waals surface area contributed by atoms with E-state index in [9.17, 15) is 4.79 Å². The van der Waals surface area contributed by atoms with Crippen LogP contribution in [0.4, 0.5) is 0 Å². The number of carbonyl (C=O) groups is 1. The molecule has 0 aliphatic carbocycles. The minimum absolute atomic E-state index is 0.449. The Morgan fingerprint density at radius 1 is 1.31 bits per heavy atom. The molecule has 0 radical (unpaired) electrons. The zero-order chi connectivity index (χ0) is 9.94. The fourth-order valence-electron chi connectivity index (χ4n) is 1.03. The predicted molar refractivity (Wildman–Crippen MR) is 53.6 cm³/mol. The molecule has 0 atom stereocenters. The average molecular weight is 187 g/mol. The number of ether oxygens (including phenoxy) is 1. The fraction of sp³-hybridized carbons (Fsp3) is 0.900. The number of rotatable bonds is 3. The van der Waals surface area contributed by atoms with Gasteiger partial charge in [0.1, 0.15) is 0 Å². The van der Waals surface area contributed by atoms with Crippen molar-refractivity contribution in [3.63, 3.8) is 0 Å². The second-order valence-electron chi connectivity index (χ2n) is 3.63. The Kier molecular flexibility index (Phi) is 9.10. The van der Waals surface area contributed by atoms with Gasteiger partial charge in [0.2, 0.25) is 0 Å². The maximum Gasteiger partial charge on any atom is 0.293 e. The molecular formula is C10H21NO2. The molecule has 1 fully saturated rings. The van der Waals surface area contributed by atoms with Crippen molar-refractivity contribution >= 4 is 6.47 Å². The molecule has 13 heavy (non-hydrogen) atoms. The minimum Gasteiger partial charge on any atom is -0.468 e.